The van der Waals surface area contributed by atoms with E-state index in [1.165, 1.54) is 0 Å². The number of nitrogens with zero attached hydrogens (tertiary/aromatic N) is 1. The van der Waals surface area contributed by atoms with Crippen molar-refractivity contribution >= 4 is 27.6 Å². The van der Waals surface area contributed by atoms with Crippen LogP contribution in [0, 0.1) is 6.92 Å². The Kier molecular flexibility index (Phi) is 4.76. The van der Waals surface area contributed by atoms with Crippen molar-refractivity contribution in [2.45, 2.75) is 6.92 Å². The molecule has 1 rings (SSSR count). The van der Waals surface area contributed by atoms with Crippen molar-refractivity contribution in [2.24, 2.45) is 5.73 Å². The summed E-state index contributed by atoms with van der Waals surface area (Å²) in [7, 11) is 0. The Labute approximate surface area is 103 Å². The Hall–Kier alpha value is -1.07. The molecular weight excluding hydrogens is 272 g/mol. The van der Waals surface area contributed by atoms with Gasteiger partial charge in [0.1, 0.15) is 6.54 Å². The zero-order valence-electron chi connectivity index (χ0n) is 9.11. The van der Waals surface area contributed by atoms with Crippen LogP contribution in [0.1, 0.15) is 5.56 Å². The van der Waals surface area contributed by atoms with Crippen molar-refractivity contribution in [2.75, 3.05) is 24.5 Å². The fourth-order valence-electron chi connectivity index (χ4n) is 1.47. The van der Waals surface area contributed by atoms with Gasteiger partial charge < -0.3 is 15.7 Å². The van der Waals surface area contributed by atoms with E-state index >= 15 is 0 Å². The number of benzene rings is 1. The molecule has 5 heteroatoms. The zero-order valence-corrected chi connectivity index (χ0v) is 10.7. The van der Waals surface area contributed by atoms with E-state index in [9.17, 15) is 4.79 Å². The van der Waals surface area contributed by atoms with Gasteiger partial charge >= 0.3 is 5.97 Å². The Morgan fingerprint density at radius 3 is 2.75 bits per heavy atom. The Morgan fingerprint density at radius 2 is 2.25 bits per heavy atom. The molecule has 1 aromatic carbocycles. The molecule has 3 N–H and O–H groups in total. The zero-order chi connectivity index (χ0) is 12.1. The minimum atomic E-state index is -0.860. The van der Waals surface area contributed by atoms with Gasteiger partial charge in [0.25, 0.3) is 0 Å². The van der Waals surface area contributed by atoms with Crippen molar-refractivity contribution in [3.8, 4) is 0 Å². The standard InChI is InChI=1S/C11H15BrN2O2/c1-8-2-3-10(9(12)6-8)14(5-4-13)7-11(15)16/h2-3,6H,4-5,7,13H2,1H3,(H,15,16). The van der Waals surface area contributed by atoms with E-state index < -0.39 is 5.97 Å². The lowest BCUT2D eigenvalue weighted by atomic mass is 10.2. The van der Waals surface area contributed by atoms with E-state index in [4.69, 9.17) is 10.8 Å². The van der Waals surface area contributed by atoms with E-state index in [2.05, 4.69) is 15.9 Å². The second-order valence-corrected chi connectivity index (χ2v) is 4.41. The molecule has 88 valence electrons. The third-order valence-corrected chi connectivity index (χ3v) is 2.80. The molecule has 4 nitrogen and oxygen atoms in total. The van der Waals surface area contributed by atoms with Crippen molar-refractivity contribution in [1.82, 2.24) is 0 Å². The number of carboxylic acids is 1. The van der Waals surface area contributed by atoms with Gasteiger partial charge in [0.2, 0.25) is 0 Å². The predicted octanol–water partition coefficient (Wildman–Crippen LogP) is 1.61. The van der Waals surface area contributed by atoms with Crippen LogP contribution in [-0.4, -0.2) is 30.7 Å². The van der Waals surface area contributed by atoms with Crippen LogP contribution in [0.15, 0.2) is 22.7 Å². The highest BCUT2D eigenvalue weighted by Gasteiger charge is 2.12. The van der Waals surface area contributed by atoms with Crippen molar-refractivity contribution in [3.63, 3.8) is 0 Å². The van der Waals surface area contributed by atoms with Gasteiger partial charge in [-0.05, 0) is 40.5 Å². The fourth-order valence-corrected chi connectivity index (χ4v) is 2.22. The molecule has 0 unspecified atom stereocenters. The molecule has 0 bridgehead atoms. The molecule has 0 aliphatic rings. The lowest BCUT2D eigenvalue weighted by Crippen LogP contribution is -2.34. The van der Waals surface area contributed by atoms with Crippen LogP contribution in [0.25, 0.3) is 0 Å². The number of carboxylic acid groups (broad SMARTS) is 1. The molecule has 0 aliphatic carbocycles. The summed E-state index contributed by atoms with van der Waals surface area (Å²) < 4.78 is 0.891. The Balaban J connectivity index is 2.95. The normalized spacial score (nSPS) is 10.2. The topological polar surface area (TPSA) is 66.6 Å². The van der Waals surface area contributed by atoms with Gasteiger partial charge in [-0.1, -0.05) is 6.07 Å². The Bertz CT molecular complexity index is 382. The number of hydrogen-bond acceptors (Lipinski definition) is 3. The van der Waals surface area contributed by atoms with Crippen LogP contribution >= 0.6 is 15.9 Å². The number of carbonyl (C=O) groups is 1. The van der Waals surface area contributed by atoms with Crippen molar-refractivity contribution in [1.29, 1.82) is 0 Å². The van der Waals surface area contributed by atoms with Crippen LogP contribution in [0.2, 0.25) is 0 Å². The SMILES string of the molecule is Cc1ccc(N(CCN)CC(=O)O)c(Br)c1. The molecule has 0 saturated heterocycles. The number of aliphatic carboxylic acids is 1. The predicted molar refractivity (Wildman–Crippen MR) is 67.8 cm³/mol. The van der Waals surface area contributed by atoms with E-state index in [0.29, 0.717) is 13.1 Å². The molecule has 16 heavy (non-hydrogen) atoms. The van der Waals surface area contributed by atoms with E-state index in [1.807, 2.05) is 25.1 Å². The maximum atomic E-state index is 10.7. The van der Waals surface area contributed by atoms with Crippen LogP contribution < -0.4 is 10.6 Å². The highest BCUT2D eigenvalue weighted by molar-refractivity contribution is 9.10. The molecule has 0 saturated carbocycles. The average molecular weight is 287 g/mol. The minimum Gasteiger partial charge on any atom is -0.480 e. The molecular formula is C11H15BrN2O2. The summed E-state index contributed by atoms with van der Waals surface area (Å²) in [5.74, 6) is -0.860. The lowest BCUT2D eigenvalue weighted by Gasteiger charge is -2.23. The number of hydrogen-bond donors (Lipinski definition) is 2. The second-order valence-electron chi connectivity index (χ2n) is 3.56. The highest BCUT2D eigenvalue weighted by Crippen LogP contribution is 2.26. The first-order valence-corrected chi connectivity index (χ1v) is 5.77. The molecule has 0 aromatic heterocycles. The van der Waals surface area contributed by atoms with Crippen molar-refractivity contribution < 1.29 is 9.90 Å². The van der Waals surface area contributed by atoms with Crippen LogP contribution in [-0.2, 0) is 4.79 Å². The smallest absolute Gasteiger partial charge is 0.323 e. The van der Waals surface area contributed by atoms with Crippen LogP contribution in [0.4, 0.5) is 5.69 Å². The van der Waals surface area contributed by atoms with Crippen LogP contribution in [0.3, 0.4) is 0 Å². The first-order chi connectivity index (χ1) is 7.54. The molecule has 0 atom stereocenters. The molecule has 0 heterocycles. The lowest BCUT2D eigenvalue weighted by molar-refractivity contribution is -0.135. The van der Waals surface area contributed by atoms with Crippen LogP contribution in [0.5, 0.6) is 0 Å². The number of halogens is 1. The number of aryl methyl sites for hydroxylation is 1. The Morgan fingerprint density at radius 1 is 1.56 bits per heavy atom. The third kappa shape index (κ3) is 3.50. The molecule has 1 aromatic rings. The van der Waals surface area contributed by atoms with Gasteiger partial charge in [0.15, 0.2) is 0 Å². The second kappa shape index (κ2) is 5.86. The summed E-state index contributed by atoms with van der Waals surface area (Å²) >= 11 is 3.43. The summed E-state index contributed by atoms with van der Waals surface area (Å²) in [5, 5.41) is 8.82. The third-order valence-electron chi connectivity index (χ3n) is 2.17. The highest BCUT2D eigenvalue weighted by atomic mass is 79.9. The van der Waals surface area contributed by atoms with Crippen molar-refractivity contribution in [3.05, 3.63) is 28.2 Å². The molecule has 0 spiro atoms. The summed E-state index contributed by atoms with van der Waals surface area (Å²) in [6.45, 7) is 2.89. The fraction of sp³-hybridized carbons (Fsp3) is 0.364. The average Bonchev–Trinajstić information content (AvgIpc) is 2.16. The number of anilines is 1. The largest absolute Gasteiger partial charge is 0.480 e. The van der Waals surface area contributed by atoms with E-state index in [0.717, 1.165) is 15.7 Å². The summed E-state index contributed by atoms with van der Waals surface area (Å²) in [6, 6.07) is 5.81. The van der Waals surface area contributed by atoms with Gasteiger partial charge in [0.05, 0.1) is 5.69 Å². The van der Waals surface area contributed by atoms with Gasteiger partial charge in [-0.15, -0.1) is 0 Å². The maximum absolute atomic E-state index is 10.7. The molecule has 0 radical (unpaired) electrons. The molecule has 0 fully saturated rings. The summed E-state index contributed by atoms with van der Waals surface area (Å²) in [4.78, 5) is 12.5. The quantitative estimate of drug-likeness (QED) is 0.863. The molecule has 0 aliphatic heterocycles. The first kappa shape index (κ1) is 13.0. The minimum absolute atomic E-state index is 0.0428. The number of rotatable bonds is 5. The van der Waals surface area contributed by atoms with Gasteiger partial charge in [-0.3, -0.25) is 4.79 Å². The monoisotopic (exact) mass is 286 g/mol. The summed E-state index contributed by atoms with van der Waals surface area (Å²) in [5.41, 5.74) is 7.46. The maximum Gasteiger partial charge on any atom is 0.323 e. The van der Waals surface area contributed by atoms with Gasteiger partial charge in [0, 0.05) is 17.6 Å². The molecule has 0 amide bonds. The first-order valence-electron chi connectivity index (χ1n) is 4.97. The van der Waals surface area contributed by atoms with E-state index in [-0.39, 0.29) is 6.54 Å². The summed E-state index contributed by atoms with van der Waals surface area (Å²) in [6.07, 6.45) is 0. The number of nitrogens with two attached hydrogens (primary N) is 1. The van der Waals surface area contributed by atoms with Gasteiger partial charge in [-0.2, -0.15) is 0 Å². The van der Waals surface area contributed by atoms with E-state index in [1.54, 1.807) is 4.90 Å². The van der Waals surface area contributed by atoms with Gasteiger partial charge in [-0.25, -0.2) is 0 Å².